The molecular formula is C20H17F3O3S. The Morgan fingerprint density at radius 3 is 2.00 bits per heavy atom. The van der Waals surface area contributed by atoms with Gasteiger partial charge in [-0.2, -0.15) is 13.2 Å². The Balaban J connectivity index is 2.00. The van der Waals surface area contributed by atoms with E-state index in [0.29, 0.717) is 17.6 Å². The molecule has 142 valence electrons. The Kier molecular flexibility index (Phi) is 4.90. The molecule has 3 nitrogen and oxygen atoms in total. The highest BCUT2D eigenvalue weighted by atomic mass is 32.2. The fourth-order valence-electron chi connectivity index (χ4n) is 3.04. The van der Waals surface area contributed by atoms with Crippen LogP contribution in [0.3, 0.4) is 0 Å². The van der Waals surface area contributed by atoms with Crippen LogP contribution in [0.5, 0.6) is 5.75 Å². The number of ether oxygens (including phenoxy) is 1. The molecule has 0 radical (unpaired) electrons. The predicted octanol–water partition coefficient (Wildman–Crippen LogP) is 4.99. The Bertz CT molecular complexity index is 1030. The Morgan fingerprint density at radius 1 is 0.926 bits per heavy atom. The van der Waals surface area contributed by atoms with E-state index in [0.717, 1.165) is 23.5 Å². The quantitative estimate of drug-likeness (QED) is 0.734. The number of hydrogen-bond acceptors (Lipinski definition) is 3. The number of halogens is 3. The molecule has 0 bridgehead atoms. The zero-order valence-electron chi connectivity index (χ0n) is 14.7. The highest BCUT2D eigenvalue weighted by Crippen LogP contribution is 2.41. The molecule has 0 aliphatic heterocycles. The van der Waals surface area contributed by atoms with Gasteiger partial charge in [0.1, 0.15) is 5.75 Å². The zero-order chi connectivity index (χ0) is 19.8. The fourth-order valence-corrected chi connectivity index (χ4v) is 3.67. The summed E-state index contributed by atoms with van der Waals surface area (Å²) in [5.74, 6) is -0.229. The van der Waals surface area contributed by atoms with Crippen molar-refractivity contribution in [1.82, 2.24) is 0 Å². The van der Waals surface area contributed by atoms with Crippen molar-refractivity contribution in [3.8, 4) is 5.75 Å². The summed E-state index contributed by atoms with van der Waals surface area (Å²) in [5.41, 5.74) is 1.79. The second kappa shape index (κ2) is 6.88. The number of methoxy groups -OCH3 is 1. The lowest BCUT2D eigenvalue weighted by atomic mass is 9.93. The summed E-state index contributed by atoms with van der Waals surface area (Å²) in [7, 11) is -2.11. The first-order valence-corrected chi connectivity index (χ1v) is 9.97. The zero-order valence-corrected chi connectivity index (χ0v) is 15.5. The molecule has 0 saturated heterocycles. The first-order chi connectivity index (χ1) is 12.6. The average molecular weight is 394 g/mol. The van der Waals surface area contributed by atoms with Crippen LogP contribution >= 0.6 is 0 Å². The number of rotatable bonds is 4. The third-order valence-electron chi connectivity index (χ3n) is 4.34. The lowest BCUT2D eigenvalue weighted by molar-refractivity contribution is -0.138. The summed E-state index contributed by atoms with van der Waals surface area (Å²) in [6.45, 7) is 0. The molecule has 0 fully saturated rings. The topological polar surface area (TPSA) is 43.4 Å². The van der Waals surface area contributed by atoms with Crippen LogP contribution in [-0.2, 0) is 16.0 Å². The van der Waals surface area contributed by atoms with Crippen LogP contribution in [0.1, 0.15) is 23.1 Å². The van der Waals surface area contributed by atoms with Crippen molar-refractivity contribution >= 4 is 21.0 Å². The summed E-state index contributed by atoms with van der Waals surface area (Å²) in [4.78, 5) is 0.194. The molecule has 0 heterocycles. The predicted molar refractivity (Wildman–Crippen MR) is 98.1 cm³/mol. The SMILES string of the molecule is COc1ccc(C2=CCC=C2c2ccc(S(C)(=O)=O)cc2)cc1C(F)(F)F. The van der Waals surface area contributed by atoms with Gasteiger partial charge in [0.05, 0.1) is 17.6 Å². The molecule has 2 aromatic carbocycles. The average Bonchev–Trinajstić information content (AvgIpc) is 3.09. The van der Waals surface area contributed by atoms with E-state index in [4.69, 9.17) is 4.74 Å². The highest BCUT2D eigenvalue weighted by Gasteiger charge is 2.35. The summed E-state index contributed by atoms with van der Waals surface area (Å²) in [6, 6.07) is 10.3. The normalized spacial score (nSPS) is 14.7. The third kappa shape index (κ3) is 3.93. The van der Waals surface area contributed by atoms with Gasteiger partial charge in [-0.3, -0.25) is 0 Å². The minimum atomic E-state index is -4.53. The smallest absolute Gasteiger partial charge is 0.419 e. The van der Waals surface area contributed by atoms with E-state index >= 15 is 0 Å². The van der Waals surface area contributed by atoms with Crippen LogP contribution in [0.15, 0.2) is 59.5 Å². The van der Waals surface area contributed by atoms with Gasteiger partial charge >= 0.3 is 6.18 Å². The second-order valence-electron chi connectivity index (χ2n) is 6.18. The van der Waals surface area contributed by atoms with Crippen molar-refractivity contribution in [2.45, 2.75) is 17.5 Å². The van der Waals surface area contributed by atoms with E-state index < -0.39 is 21.6 Å². The maximum atomic E-state index is 13.3. The van der Waals surface area contributed by atoms with E-state index in [1.54, 1.807) is 18.2 Å². The van der Waals surface area contributed by atoms with Gasteiger partial charge < -0.3 is 4.74 Å². The summed E-state index contributed by atoms with van der Waals surface area (Å²) in [5, 5.41) is 0. The number of alkyl halides is 3. The van der Waals surface area contributed by atoms with Gasteiger partial charge in [-0.15, -0.1) is 0 Å². The third-order valence-corrected chi connectivity index (χ3v) is 5.47. The van der Waals surface area contributed by atoms with E-state index in [9.17, 15) is 21.6 Å². The van der Waals surface area contributed by atoms with Crippen LogP contribution in [-0.4, -0.2) is 21.8 Å². The number of sulfone groups is 1. The van der Waals surface area contributed by atoms with Crippen LogP contribution in [0.4, 0.5) is 13.2 Å². The first kappa shape index (κ1) is 19.2. The standard InChI is InChI=1S/C20H17F3O3S/c1-26-19-11-8-14(12-18(19)20(21,22)23)17-5-3-4-16(17)13-6-9-15(10-7-13)27(2,24)25/h4-12H,3H2,1-2H3. The monoisotopic (exact) mass is 394 g/mol. The van der Waals surface area contributed by atoms with Crippen molar-refractivity contribution in [2.24, 2.45) is 0 Å². The van der Waals surface area contributed by atoms with Gasteiger partial charge in [0.15, 0.2) is 9.84 Å². The molecule has 1 aliphatic rings. The van der Waals surface area contributed by atoms with Gasteiger partial charge in [0, 0.05) is 6.26 Å². The maximum Gasteiger partial charge on any atom is 0.419 e. The number of allylic oxidation sites excluding steroid dienone is 4. The molecular weight excluding hydrogens is 377 g/mol. The maximum absolute atomic E-state index is 13.3. The van der Waals surface area contributed by atoms with Crippen LogP contribution < -0.4 is 4.74 Å². The van der Waals surface area contributed by atoms with Crippen molar-refractivity contribution in [3.05, 3.63) is 71.3 Å². The number of benzene rings is 2. The molecule has 0 aromatic heterocycles. The van der Waals surface area contributed by atoms with Crippen molar-refractivity contribution in [2.75, 3.05) is 13.4 Å². The van der Waals surface area contributed by atoms with Crippen LogP contribution in [0, 0.1) is 0 Å². The first-order valence-electron chi connectivity index (χ1n) is 8.08. The Labute approximate surface area is 155 Å². The lowest BCUT2D eigenvalue weighted by Crippen LogP contribution is -2.08. The van der Waals surface area contributed by atoms with E-state index in [1.807, 2.05) is 12.2 Å². The molecule has 0 atom stereocenters. The van der Waals surface area contributed by atoms with Gasteiger partial charge in [-0.05, 0) is 53.0 Å². The van der Waals surface area contributed by atoms with Gasteiger partial charge in [0.25, 0.3) is 0 Å². The summed E-state index contributed by atoms with van der Waals surface area (Å²) >= 11 is 0. The molecule has 0 spiro atoms. The summed E-state index contributed by atoms with van der Waals surface area (Å²) < 4.78 is 68.0. The number of hydrogen-bond donors (Lipinski definition) is 0. The van der Waals surface area contributed by atoms with Crippen molar-refractivity contribution < 1.29 is 26.3 Å². The van der Waals surface area contributed by atoms with Crippen LogP contribution in [0.2, 0.25) is 0 Å². The molecule has 1 aliphatic carbocycles. The van der Waals surface area contributed by atoms with Gasteiger partial charge in [-0.1, -0.05) is 30.4 Å². The Morgan fingerprint density at radius 2 is 1.48 bits per heavy atom. The van der Waals surface area contributed by atoms with E-state index in [-0.39, 0.29) is 10.6 Å². The van der Waals surface area contributed by atoms with E-state index in [2.05, 4.69) is 0 Å². The highest BCUT2D eigenvalue weighted by molar-refractivity contribution is 7.90. The second-order valence-corrected chi connectivity index (χ2v) is 8.20. The lowest BCUT2D eigenvalue weighted by Gasteiger charge is -2.16. The van der Waals surface area contributed by atoms with Crippen molar-refractivity contribution in [3.63, 3.8) is 0 Å². The van der Waals surface area contributed by atoms with Crippen LogP contribution in [0.25, 0.3) is 11.1 Å². The van der Waals surface area contributed by atoms with Gasteiger partial charge in [-0.25, -0.2) is 8.42 Å². The molecule has 7 heteroatoms. The molecule has 0 amide bonds. The molecule has 2 aromatic rings. The molecule has 3 rings (SSSR count). The summed E-state index contributed by atoms with van der Waals surface area (Å²) in [6.07, 6.45) is 0.940. The molecule has 0 unspecified atom stereocenters. The molecule has 0 N–H and O–H groups in total. The largest absolute Gasteiger partial charge is 0.496 e. The van der Waals surface area contributed by atoms with Gasteiger partial charge in [0.2, 0.25) is 0 Å². The molecule has 0 saturated carbocycles. The molecule has 27 heavy (non-hydrogen) atoms. The fraction of sp³-hybridized carbons (Fsp3) is 0.200. The Hall–Kier alpha value is -2.54. The van der Waals surface area contributed by atoms with E-state index in [1.165, 1.54) is 25.3 Å². The minimum absolute atomic E-state index is 0.194. The minimum Gasteiger partial charge on any atom is -0.496 e. The van der Waals surface area contributed by atoms with Crippen molar-refractivity contribution in [1.29, 1.82) is 0 Å².